The van der Waals surface area contributed by atoms with Crippen molar-refractivity contribution in [3.8, 4) is 0 Å². The molecule has 7 heteroatoms. The van der Waals surface area contributed by atoms with Gasteiger partial charge in [0.2, 0.25) is 15.9 Å². The molecule has 0 aliphatic carbocycles. The average molecular weight is 305 g/mol. The first-order chi connectivity index (χ1) is 8.95. The van der Waals surface area contributed by atoms with Crippen LogP contribution in [0.2, 0.25) is 5.02 Å². The number of hydrogen-bond donors (Lipinski definition) is 2. The van der Waals surface area contributed by atoms with Crippen LogP contribution in [0.1, 0.15) is 19.8 Å². The van der Waals surface area contributed by atoms with Gasteiger partial charge in [0, 0.05) is 24.5 Å². The Labute approximate surface area is 118 Å². The van der Waals surface area contributed by atoms with Crippen LogP contribution in [0.15, 0.2) is 29.2 Å². The first-order valence-corrected chi connectivity index (χ1v) is 7.83. The Morgan fingerprint density at radius 1 is 1.32 bits per heavy atom. The van der Waals surface area contributed by atoms with E-state index in [2.05, 4.69) is 10.0 Å². The van der Waals surface area contributed by atoms with Crippen LogP contribution in [-0.2, 0) is 14.8 Å². The van der Waals surface area contributed by atoms with E-state index < -0.39 is 10.0 Å². The summed E-state index contributed by atoms with van der Waals surface area (Å²) in [6.07, 6.45) is 1.21. The molecular formula is C12H17ClN2O3S. The molecule has 0 bridgehead atoms. The smallest absolute Gasteiger partial charge is 0.240 e. The number of nitrogens with one attached hydrogen (secondary N) is 2. The molecule has 0 aliphatic rings. The van der Waals surface area contributed by atoms with Gasteiger partial charge in [-0.15, -0.1) is 0 Å². The van der Waals surface area contributed by atoms with Gasteiger partial charge in [0.05, 0.1) is 4.90 Å². The number of amides is 1. The van der Waals surface area contributed by atoms with Gasteiger partial charge < -0.3 is 5.32 Å². The molecule has 5 nitrogen and oxygen atoms in total. The molecule has 0 fully saturated rings. The molecule has 1 rings (SSSR count). The van der Waals surface area contributed by atoms with Crippen LogP contribution in [0.5, 0.6) is 0 Å². The lowest BCUT2D eigenvalue weighted by molar-refractivity contribution is -0.121. The van der Waals surface area contributed by atoms with Crippen LogP contribution in [0, 0.1) is 0 Å². The van der Waals surface area contributed by atoms with Crippen molar-refractivity contribution in [2.45, 2.75) is 24.7 Å². The molecule has 1 amide bonds. The fraction of sp³-hybridized carbons (Fsp3) is 0.417. The van der Waals surface area contributed by atoms with Gasteiger partial charge in [-0.3, -0.25) is 4.79 Å². The molecule has 2 N–H and O–H groups in total. The van der Waals surface area contributed by atoms with Crippen LogP contribution in [-0.4, -0.2) is 27.4 Å². The van der Waals surface area contributed by atoms with Crippen molar-refractivity contribution in [1.82, 2.24) is 10.0 Å². The van der Waals surface area contributed by atoms with Gasteiger partial charge in [-0.25, -0.2) is 13.1 Å². The van der Waals surface area contributed by atoms with E-state index in [0.29, 0.717) is 11.4 Å². The van der Waals surface area contributed by atoms with Crippen LogP contribution in [0.3, 0.4) is 0 Å². The SMILES string of the molecule is CCCC(=O)NCCNS(=O)(=O)c1cccc(Cl)c1. The van der Waals surface area contributed by atoms with E-state index in [0.717, 1.165) is 6.42 Å². The maximum atomic E-state index is 11.9. The molecule has 0 atom stereocenters. The summed E-state index contributed by atoms with van der Waals surface area (Å²) in [4.78, 5) is 11.3. The molecule has 0 aliphatic heterocycles. The van der Waals surface area contributed by atoms with Gasteiger partial charge >= 0.3 is 0 Å². The van der Waals surface area contributed by atoms with E-state index in [1.165, 1.54) is 12.1 Å². The maximum Gasteiger partial charge on any atom is 0.240 e. The third kappa shape index (κ3) is 5.59. The topological polar surface area (TPSA) is 75.3 Å². The zero-order valence-electron chi connectivity index (χ0n) is 10.6. The van der Waals surface area contributed by atoms with Crippen molar-refractivity contribution >= 4 is 27.5 Å². The van der Waals surface area contributed by atoms with Crippen molar-refractivity contribution in [1.29, 1.82) is 0 Å². The summed E-state index contributed by atoms with van der Waals surface area (Å²) in [7, 11) is -3.58. The first kappa shape index (κ1) is 15.9. The van der Waals surface area contributed by atoms with E-state index in [-0.39, 0.29) is 23.9 Å². The molecule has 1 aromatic rings. The lowest BCUT2D eigenvalue weighted by Crippen LogP contribution is -2.34. The molecule has 19 heavy (non-hydrogen) atoms. The van der Waals surface area contributed by atoms with E-state index in [1.54, 1.807) is 12.1 Å². The van der Waals surface area contributed by atoms with Gasteiger partial charge in [-0.1, -0.05) is 24.6 Å². The third-order valence-electron chi connectivity index (χ3n) is 2.32. The highest BCUT2D eigenvalue weighted by molar-refractivity contribution is 7.89. The summed E-state index contributed by atoms with van der Waals surface area (Å²) >= 11 is 5.74. The highest BCUT2D eigenvalue weighted by Crippen LogP contribution is 2.14. The number of carbonyl (C=O) groups is 1. The highest BCUT2D eigenvalue weighted by Gasteiger charge is 2.13. The van der Waals surface area contributed by atoms with Crippen molar-refractivity contribution in [3.63, 3.8) is 0 Å². The number of hydrogen-bond acceptors (Lipinski definition) is 3. The van der Waals surface area contributed by atoms with Crippen LogP contribution in [0.25, 0.3) is 0 Å². The van der Waals surface area contributed by atoms with Crippen molar-refractivity contribution in [2.75, 3.05) is 13.1 Å². The molecule has 0 unspecified atom stereocenters. The summed E-state index contributed by atoms with van der Waals surface area (Å²) in [6, 6.07) is 6.01. The second-order valence-corrected chi connectivity index (χ2v) is 6.16. The van der Waals surface area contributed by atoms with Crippen molar-refractivity contribution < 1.29 is 13.2 Å². The van der Waals surface area contributed by atoms with Crippen molar-refractivity contribution in [3.05, 3.63) is 29.3 Å². The fourth-order valence-corrected chi connectivity index (χ4v) is 2.75. The molecule has 0 saturated heterocycles. The predicted octanol–water partition coefficient (Wildman–Crippen LogP) is 1.53. The summed E-state index contributed by atoms with van der Waals surface area (Å²) in [5.74, 6) is -0.0792. The summed E-state index contributed by atoms with van der Waals surface area (Å²) < 4.78 is 26.1. The van der Waals surface area contributed by atoms with Gasteiger partial charge in [0.25, 0.3) is 0 Å². The molecular weight excluding hydrogens is 288 g/mol. The Morgan fingerprint density at radius 2 is 2.05 bits per heavy atom. The monoisotopic (exact) mass is 304 g/mol. The molecule has 0 radical (unpaired) electrons. The van der Waals surface area contributed by atoms with E-state index in [9.17, 15) is 13.2 Å². The Balaban J connectivity index is 2.46. The number of benzene rings is 1. The van der Waals surface area contributed by atoms with Gasteiger partial charge in [-0.05, 0) is 24.6 Å². The third-order valence-corrected chi connectivity index (χ3v) is 4.02. The molecule has 106 valence electrons. The molecule has 0 heterocycles. The number of sulfonamides is 1. The normalized spacial score (nSPS) is 11.3. The second kappa shape index (κ2) is 7.47. The lowest BCUT2D eigenvalue weighted by atomic mass is 10.3. The van der Waals surface area contributed by atoms with Gasteiger partial charge in [0.1, 0.15) is 0 Å². The first-order valence-electron chi connectivity index (χ1n) is 5.97. The number of rotatable bonds is 7. The van der Waals surface area contributed by atoms with E-state index in [4.69, 9.17) is 11.6 Å². The van der Waals surface area contributed by atoms with Crippen LogP contribution < -0.4 is 10.0 Å². The quantitative estimate of drug-likeness (QED) is 0.750. The summed E-state index contributed by atoms with van der Waals surface area (Å²) in [5, 5.41) is 2.99. The number of carbonyl (C=O) groups excluding carboxylic acids is 1. The largest absolute Gasteiger partial charge is 0.355 e. The van der Waals surface area contributed by atoms with E-state index >= 15 is 0 Å². The maximum absolute atomic E-state index is 11.9. The predicted molar refractivity (Wildman–Crippen MR) is 74.6 cm³/mol. The average Bonchev–Trinajstić information content (AvgIpc) is 2.35. The molecule has 0 aromatic heterocycles. The minimum Gasteiger partial charge on any atom is -0.355 e. The van der Waals surface area contributed by atoms with Gasteiger partial charge in [0.15, 0.2) is 0 Å². The Bertz CT molecular complexity index is 532. The Hall–Kier alpha value is -1.11. The van der Waals surface area contributed by atoms with E-state index in [1.807, 2.05) is 6.92 Å². The zero-order valence-corrected chi connectivity index (χ0v) is 12.2. The Morgan fingerprint density at radius 3 is 2.68 bits per heavy atom. The number of halogens is 1. The van der Waals surface area contributed by atoms with Crippen LogP contribution >= 0.6 is 11.6 Å². The molecule has 0 saturated carbocycles. The second-order valence-electron chi connectivity index (χ2n) is 3.96. The highest BCUT2D eigenvalue weighted by atomic mass is 35.5. The molecule has 0 spiro atoms. The minimum absolute atomic E-state index is 0.0792. The Kier molecular flexibility index (Phi) is 6.27. The lowest BCUT2D eigenvalue weighted by Gasteiger charge is -2.08. The zero-order chi connectivity index (χ0) is 14.3. The standard InChI is InChI=1S/C12H17ClN2O3S/c1-2-4-12(16)14-7-8-15-19(17,18)11-6-3-5-10(13)9-11/h3,5-6,9,15H,2,4,7-8H2,1H3,(H,14,16). The fourth-order valence-electron chi connectivity index (χ4n) is 1.42. The van der Waals surface area contributed by atoms with Crippen molar-refractivity contribution in [2.24, 2.45) is 0 Å². The summed E-state index contributed by atoms with van der Waals surface area (Å²) in [6.45, 7) is 2.31. The van der Waals surface area contributed by atoms with Crippen LogP contribution in [0.4, 0.5) is 0 Å². The molecule has 1 aromatic carbocycles. The minimum atomic E-state index is -3.58. The van der Waals surface area contributed by atoms with Gasteiger partial charge in [-0.2, -0.15) is 0 Å². The summed E-state index contributed by atoms with van der Waals surface area (Å²) in [5.41, 5.74) is 0.